The molecule has 18 heavy (non-hydrogen) atoms. The van der Waals surface area contributed by atoms with Crippen LogP contribution in [0.25, 0.3) is 0 Å². The predicted octanol–water partition coefficient (Wildman–Crippen LogP) is 5.89. The number of hydrogen-bond donors (Lipinski definition) is 0. The third-order valence-electron chi connectivity index (χ3n) is 3.54. The minimum atomic E-state index is 0.813. The molecule has 0 heterocycles. The molecule has 0 bridgehead atoms. The van der Waals surface area contributed by atoms with E-state index in [1.165, 1.54) is 56.9 Å². The SMILES string of the molecule is CCCCCCCCCCOCC=C(CC)CC. The van der Waals surface area contributed by atoms with Gasteiger partial charge >= 0.3 is 0 Å². The number of unbranched alkanes of at least 4 members (excludes halogenated alkanes) is 7. The van der Waals surface area contributed by atoms with Crippen LogP contribution in [-0.2, 0) is 4.74 Å². The van der Waals surface area contributed by atoms with Crippen molar-refractivity contribution in [2.24, 2.45) is 0 Å². The Kier molecular flexibility index (Phi) is 14.5. The van der Waals surface area contributed by atoms with Crippen molar-refractivity contribution in [2.45, 2.75) is 85.0 Å². The van der Waals surface area contributed by atoms with Gasteiger partial charge in [-0.05, 0) is 19.3 Å². The molecule has 0 spiro atoms. The van der Waals surface area contributed by atoms with Gasteiger partial charge in [-0.25, -0.2) is 0 Å². The van der Waals surface area contributed by atoms with Crippen LogP contribution in [-0.4, -0.2) is 13.2 Å². The number of hydrogen-bond acceptors (Lipinski definition) is 1. The molecule has 0 amide bonds. The second-order valence-corrected chi connectivity index (χ2v) is 5.12. The first-order valence-corrected chi connectivity index (χ1v) is 8.10. The molecule has 0 saturated heterocycles. The Labute approximate surface area is 115 Å². The molecule has 0 aromatic rings. The van der Waals surface area contributed by atoms with Crippen LogP contribution in [0.3, 0.4) is 0 Å². The van der Waals surface area contributed by atoms with Gasteiger partial charge in [0.2, 0.25) is 0 Å². The molecule has 1 nitrogen and oxygen atoms in total. The van der Waals surface area contributed by atoms with Crippen molar-refractivity contribution in [3.05, 3.63) is 11.6 Å². The van der Waals surface area contributed by atoms with Gasteiger partial charge in [0.25, 0.3) is 0 Å². The molecular formula is C17H34O. The van der Waals surface area contributed by atoms with E-state index in [9.17, 15) is 0 Å². The van der Waals surface area contributed by atoms with E-state index in [2.05, 4.69) is 26.8 Å². The van der Waals surface area contributed by atoms with Gasteiger partial charge in [0.1, 0.15) is 0 Å². The fraction of sp³-hybridized carbons (Fsp3) is 0.882. The van der Waals surface area contributed by atoms with E-state index in [-0.39, 0.29) is 0 Å². The molecule has 0 aliphatic heterocycles. The topological polar surface area (TPSA) is 9.23 Å². The summed E-state index contributed by atoms with van der Waals surface area (Å²) in [5.41, 5.74) is 1.52. The monoisotopic (exact) mass is 254 g/mol. The fourth-order valence-corrected chi connectivity index (χ4v) is 2.14. The third kappa shape index (κ3) is 12.2. The lowest BCUT2D eigenvalue weighted by Gasteiger charge is -2.04. The Hall–Kier alpha value is -0.300. The molecule has 0 aliphatic rings. The highest BCUT2D eigenvalue weighted by Gasteiger charge is 1.92. The van der Waals surface area contributed by atoms with Crippen LogP contribution >= 0.6 is 0 Å². The highest BCUT2D eigenvalue weighted by atomic mass is 16.5. The van der Waals surface area contributed by atoms with Crippen LogP contribution in [0.4, 0.5) is 0 Å². The van der Waals surface area contributed by atoms with Crippen LogP contribution in [0.5, 0.6) is 0 Å². The summed E-state index contributed by atoms with van der Waals surface area (Å²) in [5.74, 6) is 0. The van der Waals surface area contributed by atoms with E-state index in [1.54, 1.807) is 0 Å². The summed E-state index contributed by atoms with van der Waals surface area (Å²) in [5, 5.41) is 0. The Morgan fingerprint density at radius 3 is 1.89 bits per heavy atom. The minimum Gasteiger partial charge on any atom is -0.377 e. The smallest absolute Gasteiger partial charge is 0.0650 e. The van der Waals surface area contributed by atoms with Crippen LogP contribution in [0.2, 0.25) is 0 Å². The normalized spacial score (nSPS) is 10.6. The maximum Gasteiger partial charge on any atom is 0.0650 e. The average molecular weight is 254 g/mol. The summed E-state index contributed by atoms with van der Waals surface area (Å²) in [6.45, 7) is 8.45. The van der Waals surface area contributed by atoms with E-state index < -0.39 is 0 Å². The molecule has 0 unspecified atom stereocenters. The zero-order valence-electron chi connectivity index (χ0n) is 13.0. The van der Waals surface area contributed by atoms with Crippen molar-refractivity contribution in [2.75, 3.05) is 13.2 Å². The molecule has 0 N–H and O–H groups in total. The largest absolute Gasteiger partial charge is 0.377 e. The average Bonchev–Trinajstić information content (AvgIpc) is 2.40. The van der Waals surface area contributed by atoms with Gasteiger partial charge in [-0.3, -0.25) is 0 Å². The van der Waals surface area contributed by atoms with Gasteiger partial charge in [0.15, 0.2) is 0 Å². The zero-order valence-corrected chi connectivity index (χ0v) is 13.0. The van der Waals surface area contributed by atoms with Crippen molar-refractivity contribution < 1.29 is 4.74 Å². The standard InChI is InChI=1S/C17H34O/c1-4-7-8-9-10-11-12-13-15-18-16-14-17(5-2)6-3/h14H,4-13,15-16H2,1-3H3. The van der Waals surface area contributed by atoms with Crippen molar-refractivity contribution in [1.82, 2.24) is 0 Å². The number of allylic oxidation sites excluding steroid dienone is 1. The summed E-state index contributed by atoms with van der Waals surface area (Å²) in [7, 11) is 0. The second kappa shape index (κ2) is 14.8. The molecular weight excluding hydrogens is 220 g/mol. The van der Waals surface area contributed by atoms with Crippen LogP contribution in [0.15, 0.2) is 11.6 Å². The van der Waals surface area contributed by atoms with Crippen LogP contribution in [0, 0.1) is 0 Å². The molecule has 1 heteroatoms. The molecule has 0 rings (SSSR count). The highest BCUT2D eigenvalue weighted by molar-refractivity contribution is 4.99. The first-order chi connectivity index (χ1) is 8.85. The lowest BCUT2D eigenvalue weighted by molar-refractivity contribution is 0.156. The van der Waals surface area contributed by atoms with E-state index in [1.807, 2.05) is 0 Å². The van der Waals surface area contributed by atoms with Gasteiger partial charge in [-0.2, -0.15) is 0 Å². The van der Waals surface area contributed by atoms with E-state index >= 15 is 0 Å². The predicted molar refractivity (Wildman–Crippen MR) is 82.1 cm³/mol. The van der Waals surface area contributed by atoms with Gasteiger partial charge in [-0.1, -0.05) is 77.4 Å². The first kappa shape index (κ1) is 17.7. The van der Waals surface area contributed by atoms with Gasteiger partial charge < -0.3 is 4.74 Å². The summed E-state index contributed by atoms with van der Waals surface area (Å²) in [6.07, 6.45) is 15.6. The molecule has 0 aromatic carbocycles. The molecule has 0 aromatic heterocycles. The second-order valence-electron chi connectivity index (χ2n) is 5.12. The molecule has 0 saturated carbocycles. The van der Waals surface area contributed by atoms with Crippen molar-refractivity contribution in [3.63, 3.8) is 0 Å². The summed E-state index contributed by atoms with van der Waals surface area (Å²) < 4.78 is 5.64. The van der Waals surface area contributed by atoms with Gasteiger partial charge in [-0.15, -0.1) is 0 Å². The summed E-state index contributed by atoms with van der Waals surface area (Å²) >= 11 is 0. The number of ether oxygens (including phenoxy) is 1. The maximum atomic E-state index is 5.64. The van der Waals surface area contributed by atoms with E-state index in [4.69, 9.17) is 4.74 Å². The Morgan fingerprint density at radius 1 is 0.778 bits per heavy atom. The van der Waals surface area contributed by atoms with Crippen molar-refractivity contribution >= 4 is 0 Å². The third-order valence-corrected chi connectivity index (χ3v) is 3.54. The number of rotatable bonds is 13. The van der Waals surface area contributed by atoms with E-state index in [0.717, 1.165) is 26.1 Å². The van der Waals surface area contributed by atoms with Crippen LogP contribution in [0.1, 0.15) is 85.0 Å². The molecule has 108 valence electrons. The molecule has 0 aliphatic carbocycles. The zero-order chi connectivity index (χ0) is 13.5. The maximum absolute atomic E-state index is 5.64. The lowest BCUT2D eigenvalue weighted by Crippen LogP contribution is -1.95. The Bertz CT molecular complexity index is 178. The van der Waals surface area contributed by atoms with Crippen LogP contribution < -0.4 is 0 Å². The highest BCUT2D eigenvalue weighted by Crippen LogP contribution is 2.08. The lowest BCUT2D eigenvalue weighted by atomic mass is 10.1. The molecule has 0 radical (unpaired) electrons. The van der Waals surface area contributed by atoms with Gasteiger partial charge in [0, 0.05) is 6.61 Å². The molecule has 0 fully saturated rings. The fourth-order valence-electron chi connectivity index (χ4n) is 2.14. The van der Waals surface area contributed by atoms with Crippen molar-refractivity contribution in [1.29, 1.82) is 0 Å². The quantitative estimate of drug-likeness (QED) is 0.294. The van der Waals surface area contributed by atoms with E-state index in [0.29, 0.717) is 0 Å². The minimum absolute atomic E-state index is 0.813. The molecule has 0 atom stereocenters. The first-order valence-electron chi connectivity index (χ1n) is 8.10. The Morgan fingerprint density at radius 2 is 1.33 bits per heavy atom. The Balaban J connectivity index is 3.14. The van der Waals surface area contributed by atoms with Gasteiger partial charge in [0.05, 0.1) is 6.61 Å². The summed E-state index contributed by atoms with van der Waals surface area (Å²) in [4.78, 5) is 0. The van der Waals surface area contributed by atoms with Crippen molar-refractivity contribution in [3.8, 4) is 0 Å². The summed E-state index contributed by atoms with van der Waals surface area (Å²) in [6, 6.07) is 0.